The summed E-state index contributed by atoms with van der Waals surface area (Å²) in [7, 11) is 0. The molecule has 0 spiro atoms. The van der Waals surface area contributed by atoms with E-state index in [9.17, 15) is 4.79 Å². The number of aromatic amines is 1. The van der Waals surface area contributed by atoms with E-state index in [1.807, 2.05) is 24.3 Å². The number of nitrogens with one attached hydrogen (secondary N) is 2. The van der Waals surface area contributed by atoms with Gasteiger partial charge >= 0.3 is 0 Å². The Hall–Kier alpha value is -1.81. The molecule has 0 atom stereocenters. The Morgan fingerprint density at radius 1 is 1.32 bits per heavy atom. The van der Waals surface area contributed by atoms with E-state index >= 15 is 0 Å². The molecule has 1 heterocycles. The van der Waals surface area contributed by atoms with Crippen LogP contribution in [-0.4, -0.2) is 22.4 Å². The Morgan fingerprint density at radius 3 is 2.89 bits per heavy atom. The Bertz CT molecular complexity index is 525. The molecule has 0 aliphatic heterocycles. The highest BCUT2D eigenvalue weighted by molar-refractivity contribution is 6.31. The smallest absolute Gasteiger partial charge is 0.220 e. The molecule has 0 aliphatic rings. The zero-order chi connectivity index (χ0) is 13.5. The van der Waals surface area contributed by atoms with Gasteiger partial charge in [-0.3, -0.25) is 4.79 Å². The lowest BCUT2D eigenvalue weighted by Gasteiger charge is -2.05. The van der Waals surface area contributed by atoms with Crippen LogP contribution in [0.4, 0.5) is 0 Å². The number of halogens is 1. The SMILES string of the molecule is O=C(CCc1ccccc1Cl)NCCc1cnc[nH]1. The Balaban J connectivity index is 1.69. The van der Waals surface area contributed by atoms with E-state index in [1.165, 1.54) is 0 Å². The lowest BCUT2D eigenvalue weighted by molar-refractivity contribution is -0.121. The van der Waals surface area contributed by atoms with Gasteiger partial charge in [-0.1, -0.05) is 29.8 Å². The van der Waals surface area contributed by atoms with Crippen molar-refractivity contribution in [2.24, 2.45) is 0 Å². The van der Waals surface area contributed by atoms with Crippen molar-refractivity contribution in [2.75, 3.05) is 6.54 Å². The third kappa shape index (κ3) is 4.41. The quantitative estimate of drug-likeness (QED) is 0.852. The Kier molecular flexibility index (Phi) is 4.98. The maximum Gasteiger partial charge on any atom is 0.220 e. The maximum absolute atomic E-state index is 11.7. The number of amides is 1. The summed E-state index contributed by atoms with van der Waals surface area (Å²) >= 11 is 6.04. The molecule has 2 aromatic rings. The summed E-state index contributed by atoms with van der Waals surface area (Å²) in [5.41, 5.74) is 2.03. The van der Waals surface area contributed by atoms with Gasteiger partial charge in [0.1, 0.15) is 0 Å². The number of benzene rings is 1. The molecule has 0 aliphatic carbocycles. The summed E-state index contributed by atoms with van der Waals surface area (Å²) in [6, 6.07) is 7.60. The van der Waals surface area contributed by atoms with Gasteiger partial charge in [0.05, 0.1) is 6.33 Å². The molecular weight excluding hydrogens is 262 g/mol. The van der Waals surface area contributed by atoms with Crippen LogP contribution in [0.5, 0.6) is 0 Å². The number of carbonyl (C=O) groups excluding carboxylic acids is 1. The van der Waals surface area contributed by atoms with E-state index < -0.39 is 0 Å². The van der Waals surface area contributed by atoms with Crippen molar-refractivity contribution in [1.82, 2.24) is 15.3 Å². The van der Waals surface area contributed by atoms with Crippen molar-refractivity contribution in [2.45, 2.75) is 19.3 Å². The van der Waals surface area contributed by atoms with E-state index in [2.05, 4.69) is 15.3 Å². The van der Waals surface area contributed by atoms with E-state index in [0.717, 1.165) is 17.7 Å². The summed E-state index contributed by atoms with van der Waals surface area (Å²) in [6.07, 6.45) is 5.27. The van der Waals surface area contributed by atoms with Crippen LogP contribution < -0.4 is 5.32 Å². The van der Waals surface area contributed by atoms with Crippen LogP contribution in [-0.2, 0) is 17.6 Å². The number of hydrogen-bond donors (Lipinski definition) is 2. The first kappa shape index (κ1) is 13.6. The van der Waals surface area contributed by atoms with Gasteiger partial charge in [0.2, 0.25) is 5.91 Å². The van der Waals surface area contributed by atoms with Gasteiger partial charge < -0.3 is 10.3 Å². The van der Waals surface area contributed by atoms with Crippen LogP contribution in [0.2, 0.25) is 5.02 Å². The number of imidazole rings is 1. The first-order valence-electron chi connectivity index (χ1n) is 6.23. The fourth-order valence-corrected chi connectivity index (χ4v) is 2.03. The van der Waals surface area contributed by atoms with Crippen molar-refractivity contribution in [1.29, 1.82) is 0 Å². The van der Waals surface area contributed by atoms with Gasteiger partial charge in [-0.05, 0) is 18.1 Å². The molecule has 4 nitrogen and oxygen atoms in total. The van der Waals surface area contributed by atoms with Crippen molar-refractivity contribution in [3.63, 3.8) is 0 Å². The van der Waals surface area contributed by atoms with Crippen LogP contribution in [0.15, 0.2) is 36.8 Å². The number of hydrogen-bond acceptors (Lipinski definition) is 2. The predicted octanol–water partition coefficient (Wildman–Crippen LogP) is 2.35. The summed E-state index contributed by atoms with van der Waals surface area (Å²) in [5, 5.41) is 3.60. The van der Waals surface area contributed by atoms with Gasteiger partial charge in [-0.2, -0.15) is 0 Å². The number of aryl methyl sites for hydroxylation is 1. The first-order chi connectivity index (χ1) is 9.25. The second-order valence-electron chi connectivity index (χ2n) is 4.27. The molecule has 0 bridgehead atoms. The Morgan fingerprint density at radius 2 is 2.16 bits per heavy atom. The Labute approximate surface area is 117 Å². The molecule has 2 rings (SSSR count). The fourth-order valence-electron chi connectivity index (χ4n) is 1.80. The van der Waals surface area contributed by atoms with Crippen molar-refractivity contribution in [3.05, 3.63) is 53.1 Å². The molecule has 1 aromatic carbocycles. The third-order valence-corrected chi connectivity index (χ3v) is 3.22. The second kappa shape index (κ2) is 6.95. The third-order valence-electron chi connectivity index (χ3n) is 2.85. The number of rotatable bonds is 6. The van der Waals surface area contributed by atoms with Crippen molar-refractivity contribution < 1.29 is 4.79 Å². The van der Waals surface area contributed by atoms with Gasteiger partial charge in [-0.25, -0.2) is 4.98 Å². The van der Waals surface area contributed by atoms with Crippen molar-refractivity contribution in [3.8, 4) is 0 Å². The molecule has 0 saturated carbocycles. The van der Waals surface area contributed by atoms with Crippen LogP contribution in [0.25, 0.3) is 0 Å². The molecule has 0 saturated heterocycles. The minimum Gasteiger partial charge on any atom is -0.356 e. The first-order valence-corrected chi connectivity index (χ1v) is 6.61. The largest absolute Gasteiger partial charge is 0.356 e. The lowest BCUT2D eigenvalue weighted by Crippen LogP contribution is -2.25. The number of nitrogens with zero attached hydrogens (tertiary/aromatic N) is 1. The average molecular weight is 278 g/mol. The molecule has 19 heavy (non-hydrogen) atoms. The summed E-state index contributed by atoms with van der Waals surface area (Å²) in [6.45, 7) is 0.615. The molecule has 5 heteroatoms. The molecule has 0 unspecified atom stereocenters. The zero-order valence-electron chi connectivity index (χ0n) is 10.5. The highest BCUT2D eigenvalue weighted by Crippen LogP contribution is 2.16. The monoisotopic (exact) mass is 277 g/mol. The van der Waals surface area contributed by atoms with Gasteiger partial charge in [0, 0.05) is 36.3 Å². The van der Waals surface area contributed by atoms with E-state index in [1.54, 1.807) is 12.5 Å². The summed E-state index contributed by atoms with van der Waals surface area (Å²) < 4.78 is 0. The minimum absolute atomic E-state index is 0.0411. The standard InChI is InChI=1S/C14H16ClN3O/c15-13-4-2-1-3-11(13)5-6-14(19)17-8-7-12-9-16-10-18-12/h1-4,9-10H,5-8H2,(H,16,18)(H,17,19). The molecule has 100 valence electrons. The van der Waals surface area contributed by atoms with Crippen molar-refractivity contribution >= 4 is 17.5 Å². The van der Waals surface area contributed by atoms with Crippen LogP contribution >= 0.6 is 11.6 Å². The molecule has 0 radical (unpaired) electrons. The van der Waals surface area contributed by atoms with Gasteiger partial charge in [-0.15, -0.1) is 0 Å². The maximum atomic E-state index is 11.7. The molecule has 2 N–H and O–H groups in total. The highest BCUT2D eigenvalue weighted by atomic mass is 35.5. The van der Waals surface area contributed by atoms with E-state index in [4.69, 9.17) is 11.6 Å². The predicted molar refractivity (Wildman–Crippen MR) is 75.1 cm³/mol. The van der Waals surface area contributed by atoms with E-state index in [-0.39, 0.29) is 5.91 Å². The summed E-state index contributed by atoms with van der Waals surface area (Å²) in [5.74, 6) is 0.0411. The van der Waals surface area contributed by atoms with E-state index in [0.29, 0.717) is 24.4 Å². The minimum atomic E-state index is 0.0411. The molecular formula is C14H16ClN3O. The van der Waals surface area contributed by atoms with Gasteiger partial charge in [0.25, 0.3) is 0 Å². The lowest BCUT2D eigenvalue weighted by atomic mass is 10.1. The molecule has 1 amide bonds. The average Bonchev–Trinajstić information content (AvgIpc) is 2.91. The normalized spacial score (nSPS) is 10.4. The van der Waals surface area contributed by atoms with Crippen LogP contribution in [0, 0.1) is 0 Å². The highest BCUT2D eigenvalue weighted by Gasteiger charge is 2.04. The molecule has 1 aromatic heterocycles. The van der Waals surface area contributed by atoms with Gasteiger partial charge in [0.15, 0.2) is 0 Å². The zero-order valence-corrected chi connectivity index (χ0v) is 11.3. The number of carbonyl (C=O) groups is 1. The number of aromatic nitrogens is 2. The van der Waals surface area contributed by atoms with Crippen LogP contribution in [0.3, 0.4) is 0 Å². The number of H-pyrrole nitrogens is 1. The van der Waals surface area contributed by atoms with Crippen LogP contribution in [0.1, 0.15) is 17.7 Å². The fraction of sp³-hybridized carbons (Fsp3) is 0.286. The molecule has 0 fully saturated rings. The summed E-state index contributed by atoms with van der Waals surface area (Å²) in [4.78, 5) is 18.6. The second-order valence-corrected chi connectivity index (χ2v) is 4.68. The topological polar surface area (TPSA) is 57.8 Å².